The number of carbonyl (C=O) groups is 4. The Balaban J connectivity index is 1.41. The van der Waals surface area contributed by atoms with E-state index in [0.29, 0.717) is 12.8 Å². The highest BCUT2D eigenvalue weighted by Crippen LogP contribution is 2.34. The van der Waals surface area contributed by atoms with Crippen molar-refractivity contribution < 1.29 is 23.9 Å². The molecule has 46 heavy (non-hydrogen) atoms. The summed E-state index contributed by atoms with van der Waals surface area (Å²) in [6, 6.07) is 24.4. The van der Waals surface area contributed by atoms with Gasteiger partial charge in [-0.15, -0.1) is 0 Å². The highest BCUT2D eigenvalue weighted by molar-refractivity contribution is 5.98. The van der Waals surface area contributed by atoms with E-state index in [1.807, 2.05) is 98.8 Å². The van der Waals surface area contributed by atoms with E-state index >= 15 is 0 Å². The molecule has 5 rings (SSSR count). The molecule has 0 aliphatic heterocycles. The molecule has 1 aliphatic carbocycles. The summed E-state index contributed by atoms with van der Waals surface area (Å²) in [5, 5.41) is 9.60. The van der Waals surface area contributed by atoms with Gasteiger partial charge in [0.05, 0.1) is 0 Å². The lowest BCUT2D eigenvalue weighted by atomic mass is 9.78. The molecule has 0 fully saturated rings. The fraction of sp³-hybridized carbons (Fsp3) is 0.333. The largest absolute Gasteiger partial charge is 0.445 e. The zero-order valence-corrected chi connectivity index (χ0v) is 26.2. The van der Waals surface area contributed by atoms with Crippen LogP contribution in [0, 0.1) is 5.92 Å². The minimum Gasteiger partial charge on any atom is -0.445 e. The first-order valence-electron chi connectivity index (χ1n) is 15.7. The Morgan fingerprint density at radius 1 is 0.913 bits per heavy atom. The van der Waals surface area contributed by atoms with Crippen LogP contribution in [0.4, 0.5) is 4.79 Å². The number of hydrogen-bond acceptors (Lipinski definition) is 5. The molecule has 4 amide bonds. The molecule has 10 nitrogen and oxygen atoms in total. The molecular formula is C36H41N5O5. The van der Waals surface area contributed by atoms with Crippen LogP contribution in [-0.4, -0.2) is 46.4 Å². The number of nitrogens with two attached hydrogens (primary N) is 1. The SMILES string of the molecule is CC[C@H](C)[C@H](NC(=O)OCc1ccccc1)C(=O)N[C@@]1(C(=O)N[C@@H](Cc2ccccc2)C(N)=O)CCc2[nH]c3ccccc3c2C1. The van der Waals surface area contributed by atoms with E-state index in [0.717, 1.165) is 33.3 Å². The maximum atomic E-state index is 14.3. The molecule has 0 spiro atoms. The Morgan fingerprint density at radius 2 is 1.57 bits per heavy atom. The first-order valence-corrected chi connectivity index (χ1v) is 15.7. The predicted octanol–water partition coefficient (Wildman–Crippen LogP) is 4.07. The van der Waals surface area contributed by atoms with Crippen LogP contribution in [0.2, 0.25) is 0 Å². The van der Waals surface area contributed by atoms with Crippen LogP contribution in [0.25, 0.3) is 10.9 Å². The fourth-order valence-corrected chi connectivity index (χ4v) is 6.03. The lowest BCUT2D eigenvalue weighted by Gasteiger charge is -2.39. The predicted molar refractivity (Wildman–Crippen MR) is 175 cm³/mol. The molecule has 0 unspecified atom stereocenters. The third-order valence-electron chi connectivity index (χ3n) is 8.89. The van der Waals surface area contributed by atoms with E-state index in [9.17, 15) is 19.2 Å². The topological polar surface area (TPSA) is 155 Å². The van der Waals surface area contributed by atoms with Gasteiger partial charge in [-0.1, -0.05) is 99.1 Å². The van der Waals surface area contributed by atoms with E-state index < -0.39 is 41.4 Å². The Bertz CT molecular complexity index is 1690. The smallest absolute Gasteiger partial charge is 0.408 e. The molecular weight excluding hydrogens is 582 g/mol. The van der Waals surface area contributed by atoms with Gasteiger partial charge in [-0.3, -0.25) is 14.4 Å². The Hall–Kier alpha value is -5.12. The number of aryl methyl sites for hydroxylation is 1. The van der Waals surface area contributed by atoms with Gasteiger partial charge in [-0.25, -0.2) is 4.79 Å². The molecule has 1 aromatic heterocycles. The van der Waals surface area contributed by atoms with Crippen LogP contribution in [0.15, 0.2) is 84.9 Å². The van der Waals surface area contributed by atoms with Gasteiger partial charge in [-0.05, 0) is 41.5 Å². The molecule has 1 aliphatic rings. The van der Waals surface area contributed by atoms with Crippen LogP contribution in [0.3, 0.4) is 0 Å². The number of ether oxygens (including phenoxy) is 1. The molecule has 3 aromatic carbocycles. The number of para-hydroxylation sites is 1. The molecule has 4 atom stereocenters. The highest BCUT2D eigenvalue weighted by Gasteiger charge is 2.46. The average molecular weight is 624 g/mol. The van der Waals surface area contributed by atoms with Gasteiger partial charge in [0.15, 0.2) is 0 Å². The van der Waals surface area contributed by atoms with E-state index in [1.165, 1.54) is 0 Å². The average Bonchev–Trinajstić information content (AvgIpc) is 3.44. The number of rotatable bonds is 12. The maximum absolute atomic E-state index is 14.3. The van der Waals surface area contributed by atoms with Crippen LogP contribution in [0.5, 0.6) is 0 Å². The Labute approximate surface area is 268 Å². The number of hydrogen-bond donors (Lipinski definition) is 5. The van der Waals surface area contributed by atoms with E-state index in [4.69, 9.17) is 10.5 Å². The number of alkyl carbamates (subject to hydrolysis) is 1. The molecule has 6 N–H and O–H groups in total. The number of aromatic amines is 1. The summed E-state index contributed by atoms with van der Waals surface area (Å²) in [6.45, 7) is 3.83. The van der Waals surface area contributed by atoms with Crippen molar-refractivity contribution >= 4 is 34.7 Å². The standard InChI is InChI=1S/C36H41N5O5/c1-3-23(2)31(40-35(45)46-22-25-14-8-5-9-15-25)33(43)41-36(19-18-29-27(21-36)26-16-10-11-17-28(26)38-29)34(44)39-30(32(37)42)20-24-12-6-4-7-13-24/h4-17,23,30-31,38H,3,18-22H2,1-2H3,(H2,37,42)(H,39,44)(H,40,45)(H,41,43)/t23-,30-,31-,36-/m0/s1. The Kier molecular flexibility index (Phi) is 10.0. The van der Waals surface area contributed by atoms with E-state index in [2.05, 4.69) is 20.9 Å². The van der Waals surface area contributed by atoms with Crippen molar-refractivity contribution in [2.75, 3.05) is 0 Å². The second-order valence-corrected chi connectivity index (χ2v) is 12.1. The first kappa shape index (κ1) is 32.3. The highest BCUT2D eigenvalue weighted by atomic mass is 16.5. The minimum atomic E-state index is -1.42. The van der Waals surface area contributed by atoms with Crippen LogP contribution in [0.1, 0.15) is 49.1 Å². The summed E-state index contributed by atoms with van der Waals surface area (Å²) in [5.41, 5.74) is 8.86. The fourth-order valence-electron chi connectivity index (χ4n) is 6.03. The van der Waals surface area contributed by atoms with Gasteiger partial charge >= 0.3 is 6.09 Å². The molecule has 0 bridgehead atoms. The van der Waals surface area contributed by atoms with Gasteiger partial charge in [-0.2, -0.15) is 0 Å². The third-order valence-corrected chi connectivity index (χ3v) is 8.89. The summed E-state index contributed by atoms with van der Waals surface area (Å²) in [4.78, 5) is 57.3. The van der Waals surface area contributed by atoms with Gasteiger partial charge in [0, 0.05) is 29.4 Å². The number of H-pyrrole nitrogens is 1. The number of carbonyl (C=O) groups excluding carboxylic acids is 4. The van der Waals surface area contributed by atoms with Crippen LogP contribution >= 0.6 is 0 Å². The molecule has 240 valence electrons. The molecule has 0 saturated heterocycles. The Morgan fingerprint density at radius 3 is 2.24 bits per heavy atom. The molecule has 0 saturated carbocycles. The zero-order chi connectivity index (χ0) is 32.7. The van der Waals surface area contributed by atoms with Gasteiger partial charge in [0.1, 0.15) is 24.2 Å². The van der Waals surface area contributed by atoms with Crippen molar-refractivity contribution in [3.05, 3.63) is 107 Å². The zero-order valence-electron chi connectivity index (χ0n) is 26.2. The lowest BCUT2D eigenvalue weighted by Crippen LogP contribution is -2.66. The van der Waals surface area contributed by atoms with Crippen molar-refractivity contribution in [3.63, 3.8) is 0 Å². The number of aromatic nitrogens is 1. The summed E-state index contributed by atoms with van der Waals surface area (Å²) in [7, 11) is 0. The molecule has 0 radical (unpaired) electrons. The minimum absolute atomic E-state index is 0.0487. The summed E-state index contributed by atoms with van der Waals surface area (Å²) >= 11 is 0. The normalized spacial score (nSPS) is 17.6. The van der Waals surface area contributed by atoms with E-state index in [-0.39, 0.29) is 31.8 Å². The summed E-state index contributed by atoms with van der Waals surface area (Å²) < 4.78 is 5.42. The number of amides is 4. The van der Waals surface area contributed by atoms with E-state index in [1.54, 1.807) is 0 Å². The van der Waals surface area contributed by atoms with Gasteiger partial charge < -0.3 is 31.4 Å². The number of fused-ring (bicyclic) bond motifs is 3. The first-order chi connectivity index (χ1) is 22.2. The van der Waals surface area contributed by atoms with Gasteiger partial charge in [0.25, 0.3) is 0 Å². The summed E-state index contributed by atoms with van der Waals surface area (Å²) in [6.07, 6.45) is 0.998. The van der Waals surface area contributed by atoms with Crippen LogP contribution in [-0.2, 0) is 45.0 Å². The number of nitrogens with one attached hydrogen (secondary N) is 4. The molecule has 1 heterocycles. The van der Waals surface area contributed by atoms with Crippen molar-refractivity contribution in [1.29, 1.82) is 0 Å². The third kappa shape index (κ3) is 7.39. The second-order valence-electron chi connectivity index (χ2n) is 12.1. The number of benzene rings is 3. The maximum Gasteiger partial charge on any atom is 0.408 e. The van der Waals surface area contributed by atoms with Crippen molar-refractivity contribution in [3.8, 4) is 0 Å². The van der Waals surface area contributed by atoms with Crippen molar-refractivity contribution in [2.24, 2.45) is 11.7 Å². The quantitative estimate of drug-likeness (QED) is 0.161. The number of primary amides is 1. The summed E-state index contributed by atoms with van der Waals surface area (Å²) in [5.74, 6) is -1.97. The van der Waals surface area contributed by atoms with Gasteiger partial charge in [0.2, 0.25) is 17.7 Å². The lowest BCUT2D eigenvalue weighted by molar-refractivity contribution is -0.137. The second kappa shape index (κ2) is 14.3. The van der Waals surface area contributed by atoms with Crippen molar-refractivity contribution in [2.45, 2.75) is 70.2 Å². The van der Waals surface area contributed by atoms with Crippen LogP contribution < -0.4 is 21.7 Å². The molecule has 10 heteroatoms. The monoisotopic (exact) mass is 623 g/mol. The van der Waals surface area contributed by atoms with Crippen molar-refractivity contribution in [1.82, 2.24) is 20.9 Å². The molecule has 4 aromatic rings.